The van der Waals surface area contributed by atoms with E-state index in [1.165, 1.54) is 0 Å². The largest absolute Gasteiger partial charge is 0.357 e. The highest BCUT2D eigenvalue weighted by Crippen LogP contribution is 2.14. The first-order valence-corrected chi connectivity index (χ1v) is 10.8. The van der Waals surface area contributed by atoms with E-state index >= 15 is 0 Å². The third kappa shape index (κ3) is 7.71. The lowest BCUT2D eigenvalue weighted by Gasteiger charge is -2.33. The fraction of sp³-hybridized carbons (Fsp3) is 0.550. The van der Waals surface area contributed by atoms with Crippen molar-refractivity contribution in [3.8, 4) is 0 Å². The fourth-order valence-corrected chi connectivity index (χ4v) is 3.72. The Hall–Kier alpha value is -1.46. The molecule has 0 radical (unpaired) electrons. The van der Waals surface area contributed by atoms with Crippen LogP contribution in [0.5, 0.6) is 0 Å². The Labute approximate surface area is 195 Å². The van der Waals surface area contributed by atoms with Crippen molar-refractivity contribution in [1.29, 1.82) is 0 Å². The molecule has 1 aliphatic heterocycles. The number of piperazine rings is 1. The number of likely N-dealkylation sites (N-methyl/N-ethyl adjacent to an activating group) is 1. The molecule has 2 aromatic rings. The Morgan fingerprint density at radius 1 is 1.21 bits per heavy atom. The Morgan fingerprint density at radius 3 is 2.62 bits per heavy atom. The highest BCUT2D eigenvalue weighted by molar-refractivity contribution is 14.0. The number of guanidine groups is 1. The van der Waals surface area contributed by atoms with Crippen molar-refractivity contribution in [3.63, 3.8) is 0 Å². The van der Waals surface area contributed by atoms with Gasteiger partial charge in [-0.25, -0.2) is 15.0 Å². The summed E-state index contributed by atoms with van der Waals surface area (Å²) in [5.41, 5.74) is 2.25. The molecule has 0 aliphatic carbocycles. The number of rotatable bonds is 7. The van der Waals surface area contributed by atoms with Crippen LogP contribution in [0.2, 0.25) is 0 Å². The molecule has 29 heavy (non-hydrogen) atoms. The molecule has 3 rings (SSSR count). The molecule has 0 bridgehead atoms. The van der Waals surface area contributed by atoms with Crippen molar-refractivity contribution in [1.82, 2.24) is 25.5 Å². The lowest BCUT2D eigenvalue weighted by molar-refractivity contribution is 0.312. The molecule has 0 amide bonds. The van der Waals surface area contributed by atoms with Gasteiger partial charge in [0.2, 0.25) is 0 Å². The first-order chi connectivity index (χ1) is 13.6. The molecule has 1 aliphatic rings. The molecule has 0 spiro atoms. The van der Waals surface area contributed by atoms with E-state index in [1.807, 2.05) is 13.1 Å². The zero-order valence-electron chi connectivity index (χ0n) is 17.5. The van der Waals surface area contributed by atoms with Crippen LogP contribution in [-0.4, -0.2) is 67.1 Å². The molecule has 0 atom stereocenters. The second-order valence-corrected chi connectivity index (χ2v) is 8.11. The van der Waals surface area contributed by atoms with Crippen molar-refractivity contribution in [2.24, 2.45) is 4.99 Å². The number of hydrogen-bond donors (Lipinski definition) is 2. The quantitative estimate of drug-likeness (QED) is 0.327. The van der Waals surface area contributed by atoms with Crippen molar-refractivity contribution in [3.05, 3.63) is 40.0 Å². The molecule has 7 nitrogen and oxygen atoms in total. The summed E-state index contributed by atoms with van der Waals surface area (Å²) in [7, 11) is 2.17. The van der Waals surface area contributed by atoms with Crippen molar-refractivity contribution in [2.75, 3.05) is 51.2 Å². The van der Waals surface area contributed by atoms with Gasteiger partial charge in [-0.2, -0.15) is 0 Å². The van der Waals surface area contributed by atoms with Crippen LogP contribution in [-0.2, 0) is 13.0 Å². The van der Waals surface area contributed by atoms with Crippen molar-refractivity contribution >= 4 is 47.1 Å². The summed E-state index contributed by atoms with van der Waals surface area (Å²) < 4.78 is 0. The number of aryl methyl sites for hydroxylation is 1. The van der Waals surface area contributed by atoms with E-state index in [9.17, 15) is 0 Å². The first kappa shape index (κ1) is 23.8. The van der Waals surface area contributed by atoms with Gasteiger partial charge >= 0.3 is 0 Å². The third-order valence-corrected chi connectivity index (χ3v) is 5.56. The number of pyridine rings is 1. The minimum atomic E-state index is 0. The molecule has 1 fully saturated rings. The maximum Gasteiger partial charge on any atom is 0.191 e. The van der Waals surface area contributed by atoms with Crippen LogP contribution in [0.25, 0.3) is 0 Å². The molecular weight excluding hydrogens is 497 g/mol. The van der Waals surface area contributed by atoms with Crippen LogP contribution in [0.4, 0.5) is 5.82 Å². The van der Waals surface area contributed by atoms with Crippen LogP contribution < -0.4 is 15.5 Å². The van der Waals surface area contributed by atoms with Crippen LogP contribution >= 0.6 is 35.3 Å². The average Bonchev–Trinajstić information content (AvgIpc) is 3.12. The number of aromatic nitrogens is 2. The molecule has 2 N–H and O–H groups in total. The van der Waals surface area contributed by atoms with E-state index in [2.05, 4.69) is 66.9 Å². The Balaban J connectivity index is 0.00000300. The van der Waals surface area contributed by atoms with Gasteiger partial charge in [0.1, 0.15) is 5.82 Å². The summed E-state index contributed by atoms with van der Waals surface area (Å²) in [5.74, 6) is 1.89. The molecule has 160 valence electrons. The van der Waals surface area contributed by atoms with E-state index in [1.54, 1.807) is 11.3 Å². The first-order valence-electron chi connectivity index (χ1n) is 9.95. The van der Waals surface area contributed by atoms with E-state index in [0.717, 1.165) is 73.7 Å². The number of nitrogens with zero attached hydrogens (tertiary/aromatic N) is 5. The molecular formula is C20H32IN7S. The minimum absolute atomic E-state index is 0. The van der Waals surface area contributed by atoms with Crippen molar-refractivity contribution in [2.45, 2.75) is 26.8 Å². The number of hydrogen-bond acceptors (Lipinski definition) is 6. The van der Waals surface area contributed by atoms with E-state index < -0.39 is 0 Å². The summed E-state index contributed by atoms with van der Waals surface area (Å²) in [6, 6.07) is 4.24. The summed E-state index contributed by atoms with van der Waals surface area (Å²) in [5, 5.41) is 9.92. The van der Waals surface area contributed by atoms with Gasteiger partial charge in [0.15, 0.2) is 5.96 Å². The molecule has 1 saturated heterocycles. The highest BCUT2D eigenvalue weighted by atomic mass is 127. The fourth-order valence-electron chi connectivity index (χ4n) is 3.08. The van der Waals surface area contributed by atoms with Crippen molar-refractivity contribution < 1.29 is 0 Å². The predicted molar refractivity (Wildman–Crippen MR) is 133 cm³/mol. The van der Waals surface area contributed by atoms with Gasteiger partial charge in [-0.15, -0.1) is 35.3 Å². The van der Waals surface area contributed by atoms with E-state index in [-0.39, 0.29) is 24.0 Å². The van der Waals surface area contributed by atoms with Gasteiger partial charge in [-0.3, -0.25) is 0 Å². The summed E-state index contributed by atoms with van der Waals surface area (Å²) in [6.45, 7) is 10.6. The molecule has 3 heterocycles. The maximum atomic E-state index is 4.69. The highest BCUT2D eigenvalue weighted by Gasteiger charge is 2.14. The zero-order chi connectivity index (χ0) is 19.8. The molecule has 0 aromatic carbocycles. The summed E-state index contributed by atoms with van der Waals surface area (Å²) in [6.07, 6.45) is 2.84. The van der Waals surface area contributed by atoms with Gasteiger partial charge < -0.3 is 20.4 Å². The summed E-state index contributed by atoms with van der Waals surface area (Å²) in [4.78, 5) is 18.5. The lowest BCUT2D eigenvalue weighted by atomic mass is 10.2. The average molecular weight is 529 g/mol. The van der Waals surface area contributed by atoms with Crippen LogP contribution in [0.3, 0.4) is 0 Å². The Kier molecular flexibility index (Phi) is 10.1. The smallest absolute Gasteiger partial charge is 0.191 e. The Morgan fingerprint density at radius 2 is 2.00 bits per heavy atom. The molecule has 0 saturated carbocycles. The minimum Gasteiger partial charge on any atom is -0.357 e. The predicted octanol–water partition coefficient (Wildman–Crippen LogP) is 2.51. The number of anilines is 1. The molecule has 0 unspecified atom stereocenters. The van der Waals surface area contributed by atoms with Gasteiger partial charge in [0.05, 0.1) is 17.2 Å². The second kappa shape index (κ2) is 12.3. The number of thiazole rings is 1. The van der Waals surface area contributed by atoms with Crippen LogP contribution in [0, 0.1) is 6.92 Å². The number of nitrogens with one attached hydrogen (secondary N) is 2. The van der Waals surface area contributed by atoms with Gasteiger partial charge in [-0.05, 0) is 32.5 Å². The van der Waals surface area contributed by atoms with Gasteiger partial charge in [0.25, 0.3) is 0 Å². The maximum absolute atomic E-state index is 4.69. The molecule has 9 heteroatoms. The van der Waals surface area contributed by atoms with Gasteiger partial charge in [-0.1, -0.05) is 6.07 Å². The van der Waals surface area contributed by atoms with Crippen LogP contribution in [0.1, 0.15) is 23.2 Å². The number of halogens is 1. The third-order valence-electron chi connectivity index (χ3n) is 4.74. The molecule has 2 aromatic heterocycles. The SMILES string of the molecule is CCNC(=NCc1ccc(N2CCN(C)CC2)nc1)NCCc1csc(C)n1.I. The number of aliphatic imine (C=N–C) groups is 1. The van der Waals surface area contributed by atoms with Crippen LogP contribution in [0.15, 0.2) is 28.7 Å². The van der Waals surface area contributed by atoms with Gasteiger partial charge in [0, 0.05) is 57.3 Å². The Bertz CT molecular complexity index is 754. The van der Waals surface area contributed by atoms with E-state index in [4.69, 9.17) is 0 Å². The second-order valence-electron chi connectivity index (χ2n) is 7.04. The lowest BCUT2D eigenvalue weighted by Crippen LogP contribution is -2.44. The topological polar surface area (TPSA) is 68.7 Å². The normalized spacial score (nSPS) is 15.1. The van der Waals surface area contributed by atoms with E-state index in [0.29, 0.717) is 6.54 Å². The monoisotopic (exact) mass is 529 g/mol. The standard InChI is InChI=1S/C20H31N7S.HI/c1-4-21-20(22-8-7-18-15-28-16(2)25-18)24-14-17-5-6-19(23-13-17)27-11-9-26(3)10-12-27;/h5-6,13,15H,4,7-12,14H2,1-3H3,(H2,21,22,24);1H. The zero-order valence-corrected chi connectivity index (χ0v) is 20.7. The summed E-state index contributed by atoms with van der Waals surface area (Å²) >= 11 is 1.69.